The maximum absolute atomic E-state index is 4.24. The van der Waals surface area contributed by atoms with Gasteiger partial charge in [-0.1, -0.05) is 0 Å². The zero-order chi connectivity index (χ0) is 12.4. The minimum absolute atomic E-state index is 0.701. The van der Waals surface area contributed by atoms with Gasteiger partial charge in [0.25, 0.3) is 0 Å². The molecule has 1 saturated carbocycles. The highest BCUT2D eigenvalue weighted by molar-refractivity contribution is 5.21. The molecule has 0 saturated heterocycles. The Kier molecular flexibility index (Phi) is 3.11. The van der Waals surface area contributed by atoms with Gasteiger partial charge in [-0.15, -0.1) is 0 Å². The second kappa shape index (κ2) is 4.90. The summed E-state index contributed by atoms with van der Waals surface area (Å²) in [4.78, 5) is 8.35. The summed E-state index contributed by atoms with van der Waals surface area (Å²) < 4.78 is 2.30. The van der Waals surface area contributed by atoms with Crippen molar-refractivity contribution >= 4 is 0 Å². The van der Waals surface area contributed by atoms with Crippen molar-refractivity contribution in [1.29, 1.82) is 0 Å². The van der Waals surface area contributed by atoms with Crippen molar-refractivity contribution < 1.29 is 0 Å². The van der Waals surface area contributed by atoms with E-state index in [4.69, 9.17) is 0 Å². The lowest BCUT2D eigenvalue weighted by atomic mass is 10.1. The van der Waals surface area contributed by atoms with Gasteiger partial charge in [0, 0.05) is 37.7 Å². The van der Waals surface area contributed by atoms with Gasteiger partial charge in [-0.3, -0.25) is 4.98 Å². The monoisotopic (exact) mass is 242 g/mol. The second-order valence-electron chi connectivity index (χ2n) is 4.93. The standard InChI is InChI=1S/C14H18N4/c1-11-6-15-5-4-12(11)7-16-8-14-9-17-10-18(14)13-2-3-13/h4-6,9-10,13,16H,2-3,7-8H2,1H3. The maximum Gasteiger partial charge on any atom is 0.0951 e. The third-order valence-corrected chi connectivity index (χ3v) is 3.44. The summed E-state index contributed by atoms with van der Waals surface area (Å²) in [6.45, 7) is 3.85. The lowest BCUT2D eigenvalue weighted by Gasteiger charge is -2.09. The number of aryl methyl sites for hydroxylation is 1. The van der Waals surface area contributed by atoms with Crippen LogP contribution in [0, 0.1) is 6.92 Å². The molecule has 1 aliphatic rings. The van der Waals surface area contributed by atoms with Crippen LogP contribution in [0.2, 0.25) is 0 Å². The number of nitrogens with one attached hydrogen (secondary N) is 1. The zero-order valence-electron chi connectivity index (χ0n) is 10.6. The van der Waals surface area contributed by atoms with Crippen molar-refractivity contribution in [2.45, 2.75) is 38.9 Å². The van der Waals surface area contributed by atoms with Gasteiger partial charge in [-0.25, -0.2) is 4.98 Å². The molecule has 4 heteroatoms. The average molecular weight is 242 g/mol. The summed E-state index contributed by atoms with van der Waals surface area (Å²) in [7, 11) is 0. The summed E-state index contributed by atoms with van der Waals surface area (Å²) in [6, 6.07) is 2.77. The minimum atomic E-state index is 0.701. The smallest absolute Gasteiger partial charge is 0.0951 e. The fourth-order valence-corrected chi connectivity index (χ4v) is 2.18. The van der Waals surface area contributed by atoms with Gasteiger partial charge < -0.3 is 9.88 Å². The zero-order valence-corrected chi connectivity index (χ0v) is 10.6. The molecular formula is C14H18N4. The van der Waals surface area contributed by atoms with E-state index in [1.165, 1.54) is 29.7 Å². The van der Waals surface area contributed by atoms with Crippen molar-refractivity contribution in [2.75, 3.05) is 0 Å². The lowest BCUT2D eigenvalue weighted by Crippen LogP contribution is -2.16. The third kappa shape index (κ3) is 2.43. The van der Waals surface area contributed by atoms with E-state index in [9.17, 15) is 0 Å². The van der Waals surface area contributed by atoms with Gasteiger partial charge >= 0.3 is 0 Å². The van der Waals surface area contributed by atoms with Crippen LogP contribution in [0.25, 0.3) is 0 Å². The van der Waals surface area contributed by atoms with Crippen LogP contribution in [0.15, 0.2) is 31.0 Å². The van der Waals surface area contributed by atoms with Gasteiger partial charge in [0.05, 0.1) is 12.0 Å². The van der Waals surface area contributed by atoms with Gasteiger partial charge in [0.15, 0.2) is 0 Å². The van der Waals surface area contributed by atoms with E-state index in [0.717, 1.165) is 13.1 Å². The highest BCUT2D eigenvalue weighted by Gasteiger charge is 2.24. The number of hydrogen-bond donors (Lipinski definition) is 1. The summed E-state index contributed by atoms with van der Waals surface area (Å²) in [5.41, 5.74) is 3.83. The number of rotatable bonds is 5. The average Bonchev–Trinajstić information content (AvgIpc) is 3.12. The van der Waals surface area contributed by atoms with Gasteiger partial charge in [-0.2, -0.15) is 0 Å². The van der Waals surface area contributed by atoms with Crippen LogP contribution in [-0.4, -0.2) is 14.5 Å². The predicted molar refractivity (Wildman–Crippen MR) is 70.0 cm³/mol. The Hall–Kier alpha value is -1.68. The third-order valence-electron chi connectivity index (χ3n) is 3.44. The molecule has 2 aromatic heterocycles. The van der Waals surface area contributed by atoms with E-state index in [1.54, 1.807) is 0 Å². The topological polar surface area (TPSA) is 42.7 Å². The highest BCUT2D eigenvalue weighted by atomic mass is 15.1. The van der Waals surface area contributed by atoms with E-state index < -0.39 is 0 Å². The Bertz CT molecular complexity index is 528. The molecule has 0 bridgehead atoms. The van der Waals surface area contributed by atoms with Crippen molar-refractivity contribution in [2.24, 2.45) is 0 Å². The molecule has 0 spiro atoms. The largest absolute Gasteiger partial charge is 0.330 e. The summed E-state index contributed by atoms with van der Waals surface area (Å²) >= 11 is 0. The van der Waals surface area contributed by atoms with Crippen molar-refractivity contribution in [3.63, 3.8) is 0 Å². The lowest BCUT2D eigenvalue weighted by molar-refractivity contribution is 0.619. The minimum Gasteiger partial charge on any atom is -0.330 e. The summed E-state index contributed by atoms with van der Waals surface area (Å²) in [5, 5.41) is 3.48. The first-order valence-corrected chi connectivity index (χ1v) is 6.45. The van der Waals surface area contributed by atoms with Crippen LogP contribution in [0.4, 0.5) is 0 Å². The number of hydrogen-bond acceptors (Lipinski definition) is 3. The molecule has 4 nitrogen and oxygen atoms in total. The van der Waals surface area contributed by atoms with E-state index >= 15 is 0 Å². The van der Waals surface area contributed by atoms with E-state index in [-0.39, 0.29) is 0 Å². The SMILES string of the molecule is Cc1cnccc1CNCc1cncn1C1CC1. The Balaban J connectivity index is 1.58. The summed E-state index contributed by atoms with van der Waals surface area (Å²) in [6.07, 6.45) is 10.3. The molecule has 94 valence electrons. The molecule has 0 aromatic carbocycles. The molecule has 1 N–H and O–H groups in total. The van der Waals surface area contributed by atoms with E-state index in [0.29, 0.717) is 6.04 Å². The van der Waals surface area contributed by atoms with Crippen LogP contribution in [-0.2, 0) is 13.1 Å². The van der Waals surface area contributed by atoms with Crippen molar-refractivity contribution in [1.82, 2.24) is 19.9 Å². The Morgan fingerprint density at radius 1 is 1.28 bits per heavy atom. The molecule has 0 aliphatic heterocycles. The molecule has 0 unspecified atom stereocenters. The molecular weight excluding hydrogens is 224 g/mol. The Morgan fingerprint density at radius 2 is 2.17 bits per heavy atom. The molecule has 3 rings (SSSR count). The van der Waals surface area contributed by atoms with Gasteiger partial charge in [-0.05, 0) is 37.0 Å². The molecule has 0 radical (unpaired) electrons. The first kappa shape index (κ1) is 11.4. The van der Waals surface area contributed by atoms with Crippen molar-refractivity contribution in [3.8, 4) is 0 Å². The Labute approximate surface area is 107 Å². The number of nitrogens with zero attached hydrogens (tertiary/aromatic N) is 3. The van der Waals surface area contributed by atoms with Gasteiger partial charge in [0.1, 0.15) is 0 Å². The Morgan fingerprint density at radius 3 is 2.94 bits per heavy atom. The van der Waals surface area contributed by atoms with Gasteiger partial charge in [0.2, 0.25) is 0 Å². The first-order valence-electron chi connectivity index (χ1n) is 6.45. The molecule has 18 heavy (non-hydrogen) atoms. The molecule has 2 aromatic rings. The number of aromatic nitrogens is 3. The highest BCUT2D eigenvalue weighted by Crippen LogP contribution is 2.35. The molecule has 1 aliphatic carbocycles. The van der Waals surface area contributed by atoms with Crippen LogP contribution in [0.3, 0.4) is 0 Å². The second-order valence-corrected chi connectivity index (χ2v) is 4.93. The fourth-order valence-electron chi connectivity index (χ4n) is 2.18. The maximum atomic E-state index is 4.24. The number of imidazole rings is 1. The van der Waals surface area contributed by atoms with E-state index in [1.807, 2.05) is 24.9 Å². The van der Waals surface area contributed by atoms with Crippen LogP contribution in [0.5, 0.6) is 0 Å². The first-order chi connectivity index (χ1) is 8.84. The summed E-state index contributed by atoms with van der Waals surface area (Å²) in [5.74, 6) is 0. The van der Waals surface area contributed by atoms with E-state index in [2.05, 4.69) is 32.8 Å². The molecule has 1 fully saturated rings. The van der Waals surface area contributed by atoms with Crippen molar-refractivity contribution in [3.05, 3.63) is 47.8 Å². The van der Waals surface area contributed by atoms with Crippen LogP contribution < -0.4 is 5.32 Å². The molecule has 0 atom stereocenters. The van der Waals surface area contributed by atoms with Crippen LogP contribution >= 0.6 is 0 Å². The fraction of sp³-hybridized carbons (Fsp3) is 0.429. The van der Waals surface area contributed by atoms with Crippen LogP contribution in [0.1, 0.15) is 35.7 Å². The molecule has 0 amide bonds. The quantitative estimate of drug-likeness (QED) is 0.874. The predicted octanol–water partition coefficient (Wildman–Crippen LogP) is 2.21. The normalized spacial score (nSPS) is 14.9. The molecule has 2 heterocycles. The number of pyridine rings is 1.